The number of hydrogen-bond acceptors (Lipinski definition) is 3. The highest BCUT2D eigenvalue weighted by molar-refractivity contribution is 6.31. The minimum absolute atomic E-state index is 0.117. The van der Waals surface area contributed by atoms with Crippen LogP contribution in [-0.4, -0.2) is 29.8 Å². The lowest BCUT2D eigenvalue weighted by Gasteiger charge is -2.32. The molecule has 0 spiro atoms. The lowest BCUT2D eigenvalue weighted by atomic mass is 10.1. The van der Waals surface area contributed by atoms with Crippen LogP contribution in [0.5, 0.6) is 0 Å². The van der Waals surface area contributed by atoms with Crippen molar-refractivity contribution < 1.29 is 19.4 Å². The molecular weight excluding hydrogens is 258 g/mol. The van der Waals surface area contributed by atoms with Gasteiger partial charge in [0.15, 0.2) is 0 Å². The van der Waals surface area contributed by atoms with Crippen molar-refractivity contribution in [2.75, 3.05) is 11.5 Å². The molecule has 1 aromatic carbocycles. The molecule has 1 saturated heterocycles. The fourth-order valence-corrected chi connectivity index (χ4v) is 2.01. The van der Waals surface area contributed by atoms with Gasteiger partial charge in [-0.05, 0) is 24.6 Å². The van der Waals surface area contributed by atoms with Gasteiger partial charge in [-0.25, -0.2) is 9.59 Å². The molecule has 1 N–H and O–H groups in total. The average molecular weight is 270 g/mol. The number of amides is 1. The summed E-state index contributed by atoms with van der Waals surface area (Å²) in [5.41, 5.74) is 1.29. The number of carboxylic acid groups (broad SMARTS) is 1. The Morgan fingerprint density at radius 2 is 2.28 bits per heavy atom. The highest BCUT2D eigenvalue weighted by Crippen LogP contribution is 2.27. The van der Waals surface area contributed by atoms with E-state index in [2.05, 4.69) is 0 Å². The second-order valence-electron chi connectivity index (χ2n) is 4.06. The number of benzene rings is 1. The molecule has 0 aromatic heterocycles. The first-order valence-electron chi connectivity index (χ1n) is 5.45. The van der Waals surface area contributed by atoms with Crippen LogP contribution in [0.2, 0.25) is 5.02 Å². The molecule has 1 amide bonds. The monoisotopic (exact) mass is 269 g/mol. The normalized spacial score (nSPS) is 19.6. The van der Waals surface area contributed by atoms with E-state index in [9.17, 15) is 9.59 Å². The van der Waals surface area contributed by atoms with E-state index in [1.807, 2.05) is 6.92 Å². The van der Waals surface area contributed by atoms with Crippen molar-refractivity contribution >= 4 is 29.4 Å². The van der Waals surface area contributed by atoms with Gasteiger partial charge in [-0.3, -0.25) is 4.90 Å². The Bertz CT molecular complexity index is 503. The van der Waals surface area contributed by atoms with E-state index in [1.54, 1.807) is 18.2 Å². The number of carboxylic acids is 1. The standard InChI is InChI=1S/C12H12ClNO4/c1-7-2-3-8(6-9(7)13)14-10(11(15)16)4-5-18-12(14)17/h2-3,6,10H,4-5H2,1H3,(H,15,16). The maximum absolute atomic E-state index is 11.7. The Labute approximate surface area is 109 Å². The summed E-state index contributed by atoms with van der Waals surface area (Å²) in [6, 6.07) is 4.05. The third-order valence-corrected chi connectivity index (χ3v) is 3.25. The van der Waals surface area contributed by atoms with E-state index >= 15 is 0 Å². The van der Waals surface area contributed by atoms with Crippen molar-refractivity contribution in [1.82, 2.24) is 0 Å². The number of carbonyl (C=O) groups is 2. The van der Waals surface area contributed by atoms with E-state index in [0.717, 1.165) is 10.5 Å². The molecule has 18 heavy (non-hydrogen) atoms. The van der Waals surface area contributed by atoms with Gasteiger partial charge in [0.05, 0.1) is 6.61 Å². The number of aryl methyl sites for hydroxylation is 1. The molecule has 0 radical (unpaired) electrons. The number of cyclic esters (lactones) is 1. The van der Waals surface area contributed by atoms with Crippen molar-refractivity contribution in [1.29, 1.82) is 0 Å². The number of nitrogens with zero attached hydrogens (tertiary/aromatic N) is 1. The Morgan fingerprint density at radius 3 is 2.89 bits per heavy atom. The van der Waals surface area contributed by atoms with Crippen molar-refractivity contribution in [2.24, 2.45) is 0 Å². The van der Waals surface area contributed by atoms with Gasteiger partial charge >= 0.3 is 12.1 Å². The van der Waals surface area contributed by atoms with Crippen LogP contribution in [0, 0.1) is 6.92 Å². The number of rotatable bonds is 2. The number of ether oxygens (including phenoxy) is 1. The highest BCUT2D eigenvalue weighted by atomic mass is 35.5. The number of halogens is 1. The smallest absolute Gasteiger partial charge is 0.415 e. The third kappa shape index (κ3) is 2.26. The number of aliphatic carboxylic acids is 1. The molecule has 1 aliphatic rings. The lowest BCUT2D eigenvalue weighted by Crippen LogP contribution is -2.50. The van der Waals surface area contributed by atoms with Crippen LogP contribution in [-0.2, 0) is 9.53 Å². The van der Waals surface area contributed by atoms with Gasteiger partial charge in [-0.1, -0.05) is 17.7 Å². The molecule has 2 rings (SSSR count). The zero-order valence-electron chi connectivity index (χ0n) is 9.72. The second kappa shape index (κ2) is 4.86. The first-order valence-corrected chi connectivity index (χ1v) is 5.83. The Morgan fingerprint density at radius 1 is 1.56 bits per heavy atom. The topological polar surface area (TPSA) is 66.8 Å². The first kappa shape index (κ1) is 12.7. The molecule has 0 saturated carbocycles. The quantitative estimate of drug-likeness (QED) is 0.895. The number of hydrogen-bond donors (Lipinski definition) is 1. The molecule has 1 unspecified atom stereocenters. The van der Waals surface area contributed by atoms with Crippen LogP contribution in [0.25, 0.3) is 0 Å². The molecule has 1 fully saturated rings. The largest absolute Gasteiger partial charge is 0.480 e. The zero-order valence-corrected chi connectivity index (χ0v) is 10.5. The predicted molar refractivity (Wildman–Crippen MR) is 66.1 cm³/mol. The van der Waals surface area contributed by atoms with Crippen LogP contribution in [0.4, 0.5) is 10.5 Å². The summed E-state index contributed by atoms with van der Waals surface area (Å²) in [5.74, 6) is -1.05. The molecule has 1 heterocycles. The van der Waals surface area contributed by atoms with Crippen molar-refractivity contribution in [3.63, 3.8) is 0 Å². The van der Waals surface area contributed by atoms with Gasteiger partial charge < -0.3 is 9.84 Å². The van der Waals surface area contributed by atoms with E-state index in [-0.39, 0.29) is 13.0 Å². The Balaban J connectivity index is 2.40. The van der Waals surface area contributed by atoms with Crippen molar-refractivity contribution in [2.45, 2.75) is 19.4 Å². The maximum atomic E-state index is 11.7. The summed E-state index contributed by atoms with van der Waals surface area (Å²) < 4.78 is 4.88. The summed E-state index contributed by atoms with van der Waals surface area (Å²) in [6.45, 7) is 1.95. The molecule has 96 valence electrons. The Kier molecular flexibility index (Phi) is 3.43. The van der Waals surface area contributed by atoms with Gasteiger partial charge in [0, 0.05) is 17.1 Å². The molecule has 6 heteroatoms. The summed E-state index contributed by atoms with van der Waals surface area (Å²) in [4.78, 5) is 24.0. The molecule has 1 atom stereocenters. The summed E-state index contributed by atoms with van der Waals surface area (Å²) in [5, 5.41) is 9.61. The number of carbonyl (C=O) groups excluding carboxylic acids is 1. The molecular formula is C12H12ClNO4. The maximum Gasteiger partial charge on any atom is 0.415 e. The van der Waals surface area contributed by atoms with Crippen LogP contribution >= 0.6 is 11.6 Å². The van der Waals surface area contributed by atoms with Crippen LogP contribution in [0.15, 0.2) is 18.2 Å². The minimum Gasteiger partial charge on any atom is -0.480 e. The van der Waals surface area contributed by atoms with Gasteiger partial charge in [-0.15, -0.1) is 0 Å². The van der Waals surface area contributed by atoms with Crippen molar-refractivity contribution in [3.05, 3.63) is 28.8 Å². The summed E-state index contributed by atoms with van der Waals surface area (Å²) in [6.07, 6.45) is -0.402. The van der Waals surface area contributed by atoms with Gasteiger partial charge in [0.1, 0.15) is 6.04 Å². The number of anilines is 1. The van der Waals surface area contributed by atoms with E-state index in [0.29, 0.717) is 10.7 Å². The molecule has 0 bridgehead atoms. The first-order chi connectivity index (χ1) is 8.50. The van der Waals surface area contributed by atoms with Crippen LogP contribution < -0.4 is 4.90 Å². The molecule has 0 aliphatic carbocycles. The van der Waals surface area contributed by atoms with Crippen LogP contribution in [0.3, 0.4) is 0 Å². The SMILES string of the molecule is Cc1ccc(N2C(=O)OCCC2C(=O)O)cc1Cl. The minimum atomic E-state index is -1.05. The third-order valence-electron chi connectivity index (χ3n) is 2.84. The molecule has 5 nitrogen and oxygen atoms in total. The van der Waals surface area contributed by atoms with Crippen molar-refractivity contribution in [3.8, 4) is 0 Å². The fraction of sp³-hybridized carbons (Fsp3) is 0.333. The van der Waals surface area contributed by atoms with E-state index in [1.165, 1.54) is 0 Å². The summed E-state index contributed by atoms with van der Waals surface area (Å²) in [7, 11) is 0. The summed E-state index contributed by atoms with van der Waals surface area (Å²) >= 11 is 5.98. The predicted octanol–water partition coefficient (Wildman–Crippen LogP) is 2.45. The average Bonchev–Trinajstić information content (AvgIpc) is 2.32. The Hall–Kier alpha value is -1.75. The van der Waals surface area contributed by atoms with E-state index in [4.69, 9.17) is 21.4 Å². The molecule has 1 aliphatic heterocycles. The lowest BCUT2D eigenvalue weighted by molar-refractivity contribution is -0.139. The fourth-order valence-electron chi connectivity index (χ4n) is 1.83. The second-order valence-corrected chi connectivity index (χ2v) is 4.47. The van der Waals surface area contributed by atoms with Crippen LogP contribution in [0.1, 0.15) is 12.0 Å². The van der Waals surface area contributed by atoms with Gasteiger partial charge in [0.25, 0.3) is 0 Å². The highest BCUT2D eigenvalue weighted by Gasteiger charge is 2.36. The van der Waals surface area contributed by atoms with Gasteiger partial charge in [-0.2, -0.15) is 0 Å². The zero-order chi connectivity index (χ0) is 13.3. The molecule has 1 aromatic rings. The van der Waals surface area contributed by atoms with E-state index < -0.39 is 18.1 Å². The van der Waals surface area contributed by atoms with Gasteiger partial charge in [0.2, 0.25) is 0 Å².